The van der Waals surface area contributed by atoms with Gasteiger partial charge in [0.1, 0.15) is 11.5 Å². The van der Waals surface area contributed by atoms with Gasteiger partial charge in [-0.15, -0.1) is 0 Å². The number of aliphatic hydroxyl groups is 1. The molecule has 1 aliphatic heterocycles. The number of nitrogens with one attached hydrogen (secondary N) is 2. The predicted molar refractivity (Wildman–Crippen MR) is 81.6 cm³/mol. The van der Waals surface area contributed by atoms with Crippen LogP contribution in [0.1, 0.15) is 24.4 Å². The van der Waals surface area contributed by atoms with Crippen LogP contribution in [0.5, 0.6) is 0 Å². The Labute approximate surface area is 142 Å². The Bertz CT molecular complexity index is 731. The Hall–Kier alpha value is -1.75. The molecule has 2 atom stereocenters. The zero-order valence-electron chi connectivity index (χ0n) is 13.4. The standard InChI is InChI=1S/C14H19F3N2O5S/c1-9-2-3-11(24-9)13(21,14(15,16)17)5-6-18-12(20)19-10-4-7-25(22,23)8-10/h2-3,10,21H,4-8H2,1H3,(H2,18,19,20). The molecule has 1 aliphatic rings. The summed E-state index contributed by atoms with van der Waals surface area (Å²) in [5.41, 5.74) is -3.23. The van der Waals surface area contributed by atoms with Crippen molar-refractivity contribution in [1.82, 2.24) is 10.6 Å². The summed E-state index contributed by atoms with van der Waals surface area (Å²) in [7, 11) is -3.18. The van der Waals surface area contributed by atoms with Gasteiger partial charge in [-0.3, -0.25) is 0 Å². The third-order valence-electron chi connectivity index (χ3n) is 3.96. The van der Waals surface area contributed by atoms with Crippen LogP contribution in [-0.4, -0.2) is 49.8 Å². The van der Waals surface area contributed by atoms with Crippen LogP contribution in [-0.2, 0) is 15.4 Å². The third-order valence-corrected chi connectivity index (χ3v) is 5.72. The van der Waals surface area contributed by atoms with Crippen LogP contribution >= 0.6 is 0 Å². The fourth-order valence-corrected chi connectivity index (χ4v) is 4.24. The summed E-state index contributed by atoms with van der Waals surface area (Å²) in [4.78, 5) is 11.7. The van der Waals surface area contributed by atoms with Crippen molar-refractivity contribution < 1.29 is 35.9 Å². The van der Waals surface area contributed by atoms with E-state index in [1.807, 2.05) is 0 Å². The van der Waals surface area contributed by atoms with Crippen molar-refractivity contribution in [3.05, 3.63) is 23.7 Å². The summed E-state index contributed by atoms with van der Waals surface area (Å²) >= 11 is 0. The number of hydrogen-bond donors (Lipinski definition) is 3. The number of alkyl halides is 3. The normalized spacial score (nSPS) is 22.4. The van der Waals surface area contributed by atoms with Crippen molar-refractivity contribution in [3.8, 4) is 0 Å². The molecule has 2 rings (SSSR count). The van der Waals surface area contributed by atoms with Crippen molar-refractivity contribution in [2.75, 3.05) is 18.1 Å². The smallest absolute Gasteiger partial charge is 0.424 e. The quantitative estimate of drug-likeness (QED) is 0.707. The van der Waals surface area contributed by atoms with Gasteiger partial charge >= 0.3 is 12.2 Å². The van der Waals surface area contributed by atoms with E-state index >= 15 is 0 Å². The maximum Gasteiger partial charge on any atom is 0.424 e. The topological polar surface area (TPSA) is 109 Å². The van der Waals surface area contributed by atoms with E-state index in [2.05, 4.69) is 10.6 Å². The van der Waals surface area contributed by atoms with Crippen LogP contribution < -0.4 is 10.6 Å². The molecule has 1 aromatic heterocycles. The van der Waals surface area contributed by atoms with E-state index in [9.17, 15) is 31.5 Å². The molecule has 0 aliphatic carbocycles. The lowest BCUT2D eigenvalue weighted by Gasteiger charge is -2.28. The molecule has 25 heavy (non-hydrogen) atoms. The summed E-state index contributed by atoms with van der Waals surface area (Å²) in [5, 5.41) is 14.6. The summed E-state index contributed by atoms with van der Waals surface area (Å²) in [5.74, 6) is -0.672. The molecule has 2 unspecified atom stereocenters. The first-order valence-electron chi connectivity index (χ1n) is 7.54. The summed E-state index contributed by atoms with van der Waals surface area (Å²) in [6.07, 6.45) is -5.58. The van der Waals surface area contributed by atoms with Crippen LogP contribution in [0.15, 0.2) is 16.5 Å². The van der Waals surface area contributed by atoms with Crippen LogP contribution in [0.2, 0.25) is 0 Å². The number of carbonyl (C=O) groups excluding carboxylic acids is 1. The predicted octanol–water partition coefficient (Wildman–Crippen LogP) is 1.21. The minimum atomic E-state index is -4.99. The molecule has 3 N–H and O–H groups in total. The van der Waals surface area contributed by atoms with Crippen LogP contribution in [0.3, 0.4) is 0 Å². The molecule has 0 spiro atoms. The fraction of sp³-hybridized carbons (Fsp3) is 0.643. The number of amides is 2. The molecule has 7 nitrogen and oxygen atoms in total. The first kappa shape index (κ1) is 19.6. The number of rotatable bonds is 5. The molecule has 0 radical (unpaired) electrons. The van der Waals surface area contributed by atoms with Gasteiger partial charge in [0.25, 0.3) is 0 Å². The highest BCUT2D eigenvalue weighted by molar-refractivity contribution is 7.91. The zero-order chi connectivity index (χ0) is 18.9. The third kappa shape index (κ3) is 4.66. The second-order valence-electron chi connectivity index (χ2n) is 6.02. The number of halogens is 3. The van der Waals surface area contributed by atoms with Crippen molar-refractivity contribution in [3.63, 3.8) is 0 Å². The van der Waals surface area contributed by atoms with Crippen LogP contribution in [0.25, 0.3) is 0 Å². The molecule has 2 amide bonds. The van der Waals surface area contributed by atoms with Gasteiger partial charge in [-0.2, -0.15) is 13.2 Å². The highest BCUT2D eigenvalue weighted by Gasteiger charge is 2.56. The largest absolute Gasteiger partial charge is 0.463 e. The molecule has 1 fully saturated rings. The first-order valence-corrected chi connectivity index (χ1v) is 9.36. The maximum atomic E-state index is 13.2. The molecule has 0 aromatic carbocycles. The molecule has 1 aromatic rings. The lowest BCUT2D eigenvalue weighted by atomic mass is 9.96. The van der Waals surface area contributed by atoms with Gasteiger partial charge in [-0.05, 0) is 25.5 Å². The van der Waals surface area contributed by atoms with E-state index in [0.29, 0.717) is 0 Å². The Balaban J connectivity index is 1.92. The Morgan fingerprint density at radius 3 is 2.56 bits per heavy atom. The number of sulfone groups is 1. The fourth-order valence-electron chi connectivity index (χ4n) is 2.56. The van der Waals surface area contributed by atoms with Gasteiger partial charge in [-0.25, -0.2) is 13.2 Å². The van der Waals surface area contributed by atoms with Crippen molar-refractivity contribution in [2.24, 2.45) is 0 Å². The lowest BCUT2D eigenvalue weighted by molar-refractivity contribution is -0.274. The van der Waals surface area contributed by atoms with E-state index in [0.717, 1.165) is 6.07 Å². The SMILES string of the molecule is Cc1ccc(C(O)(CCNC(=O)NC2CCS(=O)(=O)C2)C(F)(F)F)o1. The van der Waals surface area contributed by atoms with E-state index < -0.39 is 52.4 Å². The Kier molecular flexibility index (Phi) is 5.38. The van der Waals surface area contributed by atoms with Crippen LogP contribution in [0, 0.1) is 6.92 Å². The average molecular weight is 384 g/mol. The molecule has 1 saturated heterocycles. The molecule has 0 saturated carbocycles. The monoisotopic (exact) mass is 384 g/mol. The number of aryl methyl sites for hydroxylation is 1. The second-order valence-corrected chi connectivity index (χ2v) is 8.25. The Morgan fingerprint density at radius 1 is 1.40 bits per heavy atom. The second kappa shape index (κ2) is 6.87. The molecule has 142 valence electrons. The number of hydrogen-bond acceptors (Lipinski definition) is 5. The molecular weight excluding hydrogens is 365 g/mol. The highest BCUT2D eigenvalue weighted by Crippen LogP contribution is 2.41. The zero-order valence-corrected chi connectivity index (χ0v) is 14.2. The molecule has 0 bridgehead atoms. The minimum absolute atomic E-state index is 0.0381. The summed E-state index contributed by atoms with van der Waals surface area (Å²) < 4.78 is 67.2. The highest BCUT2D eigenvalue weighted by atomic mass is 32.2. The summed E-state index contributed by atoms with van der Waals surface area (Å²) in [6.45, 7) is 0.961. The van der Waals surface area contributed by atoms with Crippen molar-refractivity contribution in [1.29, 1.82) is 0 Å². The van der Waals surface area contributed by atoms with E-state index in [4.69, 9.17) is 4.42 Å². The van der Waals surface area contributed by atoms with Crippen molar-refractivity contribution >= 4 is 15.9 Å². The van der Waals surface area contributed by atoms with E-state index in [1.54, 1.807) is 0 Å². The maximum absolute atomic E-state index is 13.2. The number of urea groups is 1. The van der Waals surface area contributed by atoms with Crippen molar-refractivity contribution in [2.45, 2.75) is 37.6 Å². The number of furan rings is 1. The minimum Gasteiger partial charge on any atom is -0.463 e. The Morgan fingerprint density at radius 2 is 2.08 bits per heavy atom. The summed E-state index contributed by atoms with van der Waals surface area (Å²) in [6, 6.07) is 0.973. The van der Waals surface area contributed by atoms with Gasteiger partial charge < -0.3 is 20.2 Å². The first-order chi connectivity index (χ1) is 11.4. The van der Waals surface area contributed by atoms with Gasteiger partial charge in [0.2, 0.25) is 5.60 Å². The van der Waals surface area contributed by atoms with Gasteiger partial charge in [0, 0.05) is 19.0 Å². The van der Waals surface area contributed by atoms with Gasteiger partial charge in [0.15, 0.2) is 9.84 Å². The average Bonchev–Trinajstić information content (AvgIpc) is 3.03. The van der Waals surface area contributed by atoms with Gasteiger partial charge in [0.05, 0.1) is 11.5 Å². The van der Waals surface area contributed by atoms with E-state index in [-0.39, 0.29) is 23.7 Å². The van der Waals surface area contributed by atoms with Crippen LogP contribution in [0.4, 0.5) is 18.0 Å². The molecular formula is C14H19F3N2O5S. The van der Waals surface area contributed by atoms with Gasteiger partial charge in [-0.1, -0.05) is 0 Å². The molecule has 2 heterocycles. The molecule has 11 heteroatoms. The number of carbonyl (C=O) groups is 1. The lowest BCUT2D eigenvalue weighted by Crippen LogP contribution is -2.47. The van der Waals surface area contributed by atoms with E-state index in [1.165, 1.54) is 13.0 Å².